The molecule has 0 bridgehead atoms. The molecular formula is C17H18INO. The lowest BCUT2D eigenvalue weighted by atomic mass is 9.76. The second-order valence-electron chi connectivity index (χ2n) is 5.26. The normalized spacial score (nSPS) is 21.1. The van der Waals surface area contributed by atoms with Crippen LogP contribution in [0, 0.1) is 3.57 Å². The molecule has 3 heteroatoms. The van der Waals surface area contributed by atoms with E-state index in [9.17, 15) is 0 Å². The van der Waals surface area contributed by atoms with Gasteiger partial charge >= 0.3 is 0 Å². The molecule has 1 N–H and O–H groups in total. The molecule has 1 fully saturated rings. The highest BCUT2D eigenvalue weighted by Gasteiger charge is 2.30. The second kappa shape index (κ2) is 6.04. The quantitative estimate of drug-likeness (QED) is 0.781. The molecule has 1 aliphatic carbocycles. The van der Waals surface area contributed by atoms with Gasteiger partial charge in [-0.15, -0.1) is 0 Å². The predicted molar refractivity (Wildman–Crippen MR) is 91.5 cm³/mol. The molecule has 0 unspecified atom stereocenters. The number of anilines is 1. The van der Waals surface area contributed by atoms with Gasteiger partial charge in [0.1, 0.15) is 5.75 Å². The van der Waals surface area contributed by atoms with E-state index >= 15 is 0 Å². The van der Waals surface area contributed by atoms with E-state index in [1.165, 1.54) is 27.7 Å². The molecule has 0 saturated heterocycles. The molecule has 2 nitrogen and oxygen atoms in total. The van der Waals surface area contributed by atoms with Crippen molar-refractivity contribution >= 4 is 28.3 Å². The number of nitrogens with one attached hydrogen (secondary N) is 1. The summed E-state index contributed by atoms with van der Waals surface area (Å²) < 4.78 is 6.49. The molecule has 20 heavy (non-hydrogen) atoms. The molecule has 0 amide bonds. The molecule has 3 rings (SSSR count). The summed E-state index contributed by atoms with van der Waals surface area (Å²) in [5.41, 5.74) is 2.68. The standard InChI is InChI=1S/C17H18INO/c1-20-15-8-6-12(7-9-15)13-10-14(11-13)19-17-5-3-2-4-16(17)18/h2-9,13-14,19H,10-11H2,1H3. The average Bonchev–Trinajstić information content (AvgIpc) is 2.44. The highest BCUT2D eigenvalue weighted by Crippen LogP contribution is 2.39. The Morgan fingerprint density at radius 3 is 2.40 bits per heavy atom. The summed E-state index contributed by atoms with van der Waals surface area (Å²) in [6.45, 7) is 0. The van der Waals surface area contributed by atoms with Gasteiger partial charge in [0.2, 0.25) is 0 Å². The third-order valence-corrected chi connectivity index (χ3v) is 4.90. The summed E-state index contributed by atoms with van der Waals surface area (Å²) in [4.78, 5) is 0. The van der Waals surface area contributed by atoms with E-state index in [0.29, 0.717) is 12.0 Å². The maximum atomic E-state index is 5.20. The molecule has 0 heterocycles. The Kier molecular flexibility index (Phi) is 4.15. The average molecular weight is 379 g/mol. The van der Waals surface area contributed by atoms with Gasteiger partial charge in [-0.25, -0.2) is 0 Å². The minimum Gasteiger partial charge on any atom is -0.497 e. The smallest absolute Gasteiger partial charge is 0.118 e. The Morgan fingerprint density at radius 2 is 1.75 bits per heavy atom. The fourth-order valence-corrected chi connectivity index (χ4v) is 3.23. The van der Waals surface area contributed by atoms with Crippen LogP contribution < -0.4 is 10.1 Å². The number of para-hydroxylation sites is 1. The van der Waals surface area contributed by atoms with Crippen LogP contribution in [-0.4, -0.2) is 13.2 Å². The van der Waals surface area contributed by atoms with Crippen LogP contribution >= 0.6 is 22.6 Å². The van der Waals surface area contributed by atoms with Crippen molar-refractivity contribution in [1.29, 1.82) is 0 Å². The number of benzene rings is 2. The zero-order chi connectivity index (χ0) is 13.9. The van der Waals surface area contributed by atoms with Crippen molar-refractivity contribution in [1.82, 2.24) is 0 Å². The Hall–Kier alpha value is -1.23. The number of ether oxygens (including phenoxy) is 1. The van der Waals surface area contributed by atoms with Gasteiger partial charge in [-0.05, 0) is 71.2 Å². The van der Waals surface area contributed by atoms with Gasteiger partial charge in [0, 0.05) is 15.3 Å². The highest BCUT2D eigenvalue weighted by molar-refractivity contribution is 14.1. The van der Waals surface area contributed by atoms with Crippen molar-refractivity contribution in [2.45, 2.75) is 24.8 Å². The van der Waals surface area contributed by atoms with Gasteiger partial charge in [0.05, 0.1) is 7.11 Å². The topological polar surface area (TPSA) is 21.3 Å². The van der Waals surface area contributed by atoms with Gasteiger partial charge in [-0.2, -0.15) is 0 Å². The fraction of sp³-hybridized carbons (Fsp3) is 0.294. The third-order valence-electron chi connectivity index (χ3n) is 3.96. The van der Waals surface area contributed by atoms with Crippen LogP contribution in [0.15, 0.2) is 48.5 Å². The van der Waals surface area contributed by atoms with Crippen LogP contribution in [0.25, 0.3) is 0 Å². The maximum absolute atomic E-state index is 5.20. The summed E-state index contributed by atoms with van der Waals surface area (Å²) in [6.07, 6.45) is 2.41. The van der Waals surface area contributed by atoms with Gasteiger partial charge in [-0.1, -0.05) is 24.3 Å². The summed E-state index contributed by atoms with van der Waals surface area (Å²) >= 11 is 2.38. The minimum atomic E-state index is 0.595. The summed E-state index contributed by atoms with van der Waals surface area (Å²) in [7, 11) is 1.71. The molecule has 1 saturated carbocycles. The molecular weight excluding hydrogens is 361 g/mol. The van der Waals surface area contributed by atoms with Crippen LogP contribution in [0.5, 0.6) is 5.75 Å². The Morgan fingerprint density at radius 1 is 1.05 bits per heavy atom. The first-order valence-corrected chi connectivity index (χ1v) is 7.99. The van der Waals surface area contributed by atoms with Crippen molar-refractivity contribution in [2.24, 2.45) is 0 Å². The first-order valence-electron chi connectivity index (χ1n) is 6.91. The van der Waals surface area contributed by atoms with Crippen LogP contribution in [-0.2, 0) is 0 Å². The molecule has 2 aromatic carbocycles. The number of rotatable bonds is 4. The Balaban J connectivity index is 1.57. The lowest BCUT2D eigenvalue weighted by Crippen LogP contribution is -2.34. The summed E-state index contributed by atoms with van der Waals surface area (Å²) in [6, 6.07) is 17.5. The molecule has 0 aromatic heterocycles. The molecule has 0 radical (unpaired) electrons. The molecule has 0 spiro atoms. The van der Waals surface area contributed by atoms with Gasteiger partial charge in [0.15, 0.2) is 0 Å². The van der Waals surface area contributed by atoms with E-state index in [-0.39, 0.29) is 0 Å². The van der Waals surface area contributed by atoms with Gasteiger partial charge < -0.3 is 10.1 Å². The first-order chi connectivity index (χ1) is 9.76. The lowest BCUT2D eigenvalue weighted by Gasteiger charge is -2.37. The zero-order valence-electron chi connectivity index (χ0n) is 11.5. The van der Waals surface area contributed by atoms with E-state index < -0.39 is 0 Å². The zero-order valence-corrected chi connectivity index (χ0v) is 13.6. The van der Waals surface area contributed by atoms with Gasteiger partial charge in [0.25, 0.3) is 0 Å². The summed E-state index contributed by atoms with van der Waals surface area (Å²) in [5.74, 6) is 1.61. The first kappa shape index (κ1) is 13.7. The molecule has 0 aliphatic heterocycles. The van der Waals surface area contributed by atoms with Crippen molar-refractivity contribution < 1.29 is 4.74 Å². The number of hydrogen-bond donors (Lipinski definition) is 1. The van der Waals surface area contributed by atoms with Crippen LogP contribution in [0.1, 0.15) is 24.3 Å². The van der Waals surface area contributed by atoms with E-state index in [0.717, 1.165) is 5.75 Å². The van der Waals surface area contributed by atoms with Gasteiger partial charge in [-0.3, -0.25) is 0 Å². The minimum absolute atomic E-state index is 0.595. The van der Waals surface area contributed by atoms with E-state index in [1.807, 2.05) is 0 Å². The van der Waals surface area contributed by atoms with Crippen molar-refractivity contribution in [3.8, 4) is 5.75 Å². The highest BCUT2D eigenvalue weighted by atomic mass is 127. The number of methoxy groups -OCH3 is 1. The monoisotopic (exact) mass is 379 g/mol. The lowest BCUT2D eigenvalue weighted by molar-refractivity contribution is 0.373. The second-order valence-corrected chi connectivity index (χ2v) is 6.42. The summed E-state index contributed by atoms with van der Waals surface area (Å²) in [5, 5.41) is 3.64. The number of hydrogen-bond acceptors (Lipinski definition) is 2. The molecule has 2 aromatic rings. The van der Waals surface area contributed by atoms with Crippen LogP contribution in [0.3, 0.4) is 0 Å². The fourth-order valence-electron chi connectivity index (χ4n) is 2.68. The maximum Gasteiger partial charge on any atom is 0.118 e. The van der Waals surface area contributed by atoms with E-state index in [1.54, 1.807) is 7.11 Å². The van der Waals surface area contributed by atoms with E-state index in [4.69, 9.17) is 4.74 Å². The van der Waals surface area contributed by atoms with Crippen molar-refractivity contribution in [2.75, 3.05) is 12.4 Å². The van der Waals surface area contributed by atoms with Crippen molar-refractivity contribution in [3.63, 3.8) is 0 Å². The predicted octanol–water partition coefficient (Wildman–Crippen LogP) is 4.66. The molecule has 0 atom stereocenters. The Labute approximate surface area is 133 Å². The molecule has 1 aliphatic rings. The largest absolute Gasteiger partial charge is 0.497 e. The van der Waals surface area contributed by atoms with E-state index in [2.05, 4.69) is 76.4 Å². The number of halogens is 1. The SMILES string of the molecule is COc1ccc(C2CC(Nc3ccccc3I)C2)cc1. The Bertz CT molecular complexity index is 576. The van der Waals surface area contributed by atoms with Crippen LogP contribution in [0.2, 0.25) is 0 Å². The third kappa shape index (κ3) is 2.92. The van der Waals surface area contributed by atoms with Crippen molar-refractivity contribution in [3.05, 3.63) is 57.7 Å². The van der Waals surface area contributed by atoms with Crippen LogP contribution in [0.4, 0.5) is 5.69 Å². The molecule has 104 valence electrons.